The molecule has 6 rings (SSSR count). The molecule has 0 aliphatic carbocycles. The molecule has 5 aromatic rings. The Balaban J connectivity index is 1.56. The monoisotopic (exact) mass is 648 g/mol. The van der Waals surface area contributed by atoms with E-state index in [1.54, 1.807) is 38.5 Å². The molecule has 46 heavy (non-hydrogen) atoms. The van der Waals surface area contributed by atoms with Gasteiger partial charge in [0.1, 0.15) is 35.9 Å². The predicted octanol–water partition coefficient (Wildman–Crippen LogP) is 1.94. The van der Waals surface area contributed by atoms with E-state index in [1.807, 2.05) is 54.6 Å². The van der Waals surface area contributed by atoms with Crippen LogP contribution in [0.5, 0.6) is 11.5 Å². The van der Waals surface area contributed by atoms with Crippen molar-refractivity contribution in [2.75, 3.05) is 20.0 Å². The van der Waals surface area contributed by atoms with E-state index in [4.69, 9.17) is 30.0 Å². The van der Waals surface area contributed by atoms with E-state index in [0.717, 1.165) is 0 Å². The molecule has 3 aromatic carbocycles. The largest absolute Gasteiger partial charge is 0.497 e. The van der Waals surface area contributed by atoms with Gasteiger partial charge in [-0.3, -0.25) is 19.8 Å². The number of nitrogen functional groups attached to an aromatic ring is 1. The van der Waals surface area contributed by atoms with Crippen molar-refractivity contribution in [1.82, 2.24) is 19.5 Å². The maximum Gasteiger partial charge on any atom is 0.280 e. The molecule has 6 atom stereocenters. The van der Waals surface area contributed by atoms with Crippen molar-refractivity contribution in [1.29, 1.82) is 0 Å². The molecule has 0 spiro atoms. The normalized spacial score (nSPS) is 21.3. The van der Waals surface area contributed by atoms with Crippen LogP contribution in [0.4, 0.5) is 5.95 Å². The van der Waals surface area contributed by atoms with Crippen LogP contribution in [0.2, 0.25) is 0 Å². The van der Waals surface area contributed by atoms with E-state index in [2.05, 4.69) is 15.0 Å². The van der Waals surface area contributed by atoms with Crippen LogP contribution in [-0.4, -0.2) is 73.3 Å². The minimum Gasteiger partial charge on any atom is -0.497 e. The lowest BCUT2D eigenvalue weighted by Crippen LogP contribution is -2.53. The average molecular weight is 649 g/mol. The molecule has 8 N–H and O–H groups in total. The molecule has 1 saturated heterocycles. The van der Waals surface area contributed by atoms with E-state index in [0.29, 0.717) is 28.2 Å². The zero-order chi connectivity index (χ0) is 32.6. The van der Waals surface area contributed by atoms with Gasteiger partial charge < -0.3 is 39.6 Å². The molecule has 2 unspecified atom stereocenters. The fraction of sp³-hybridized carbons (Fsp3) is 0.258. The summed E-state index contributed by atoms with van der Waals surface area (Å²) in [4.78, 5) is 33.4. The van der Waals surface area contributed by atoms with Gasteiger partial charge in [0, 0.05) is 0 Å². The number of benzene rings is 3. The van der Waals surface area contributed by atoms with Gasteiger partial charge >= 0.3 is 0 Å². The minimum atomic E-state index is -2.52. The summed E-state index contributed by atoms with van der Waals surface area (Å²) in [6, 6.07) is 23.8. The van der Waals surface area contributed by atoms with Gasteiger partial charge in [-0.1, -0.05) is 54.6 Å². The average Bonchev–Trinajstić information content (AvgIpc) is 3.62. The Morgan fingerprint density at radius 2 is 1.54 bits per heavy atom. The fourth-order valence-electron chi connectivity index (χ4n) is 6.20. The van der Waals surface area contributed by atoms with Gasteiger partial charge in [0.05, 0.1) is 26.0 Å². The van der Waals surface area contributed by atoms with Crippen molar-refractivity contribution in [2.45, 2.75) is 36.1 Å². The highest BCUT2D eigenvalue weighted by Gasteiger charge is 2.56. The number of nitrogens with two attached hydrogens (primary N) is 2. The second-order valence-electron chi connectivity index (χ2n) is 10.7. The summed E-state index contributed by atoms with van der Waals surface area (Å²) in [5.41, 5.74) is 11.6. The molecule has 0 amide bonds. The lowest BCUT2D eigenvalue weighted by Gasteiger charge is -2.43. The van der Waals surface area contributed by atoms with Crippen LogP contribution in [0.3, 0.4) is 0 Å². The van der Waals surface area contributed by atoms with Crippen molar-refractivity contribution >= 4 is 25.6 Å². The first-order valence-corrected chi connectivity index (χ1v) is 15.5. The molecule has 2 aromatic heterocycles. The number of H-pyrrole nitrogens is 1. The Morgan fingerprint density at radius 1 is 0.978 bits per heavy atom. The number of anilines is 1. The number of rotatable bonds is 10. The molecule has 3 heterocycles. The number of aliphatic hydroxyl groups excluding tert-OH is 2. The Morgan fingerprint density at radius 3 is 2.09 bits per heavy atom. The highest BCUT2D eigenvalue weighted by Crippen LogP contribution is 2.49. The van der Waals surface area contributed by atoms with Crippen LogP contribution in [0.25, 0.3) is 11.2 Å². The number of nitrogens with one attached hydrogen (secondary N) is 1. The van der Waals surface area contributed by atoms with Crippen molar-refractivity contribution in [3.05, 3.63) is 112 Å². The van der Waals surface area contributed by atoms with E-state index in [9.17, 15) is 19.9 Å². The SMILES string of the molecule is COc1ccc(C(c2ccccc2)(c2ccc(OC)cc2)C(O)[C@H]2O[C@@H](n3cnc4c(=O)[nH]c(N)nc43)[C@H](O)[C@@H]2OP(N)O)cc1. The summed E-state index contributed by atoms with van der Waals surface area (Å²) < 4.78 is 24.3. The maximum absolute atomic E-state index is 12.8. The van der Waals surface area contributed by atoms with Crippen molar-refractivity contribution in [3.63, 3.8) is 0 Å². The molecule has 0 saturated carbocycles. The van der Waals surface area contributed by atoms with Crippen LogP contribution in [0, 0.1) is 0 Å². The summed E-state index contributed by atoms with van der Waals surface area (Å²) in [5.74, 6) is 1.04. The molecule has 0 radical (unpaired) electrons. The number of fused-ring (bicyclic) bond motifs is 1. The number of nitrogens with zero attached hydrogens (tertiary/aromatic N) is 3. The van der Waals surface area contributed by atoms with E-state index >= 15 is 0 Å². The van der Waals surface area contributed by atoms with E-state index in [1.165, 1.54) is 10.9 Å². The first-order valence-electron chi connectivity index (χ1n) is 14.2. The van der Waals surface area contributed by atoms with Crippen LogP contribution < -0.4 is 26.3 Å². The number of methoxy groups -OCH3 is 2. The number of aromatic amines is 1. The van der Waals surface area contributed by atoms with Crippen molar-refractivity contribution in [2.24, 2.45) is 5.50 Å². The Kier molecular flexibility index (Phi) is 8.77. The smallest absolute Gasteiger partial charge is 0.280 e. The zero-order valence-corrected chi connectivity index (χ0v) is 25.7. The summed E-state index contributed by atoms with van der Waals surface area (Å²) in [6.07, 6.45) is -5.68. The number of hydrogen-bond donors (Lipinski definition) is 6. The van der Waals surface area contributed by atoms with Gasteiger partial charge in [0.25, 0.3) is 14.1 Å². The van der Waals surface area contributed by atoms with Crippen molar-refractivity contribution < 1.29 is 33.8 Å². The summed E-state index contributed by atoms with van der Waals surface area (Å²) in [6.45, 7) is 0. The van der Waals surface area contributed by atoms with Gasteiger partial charge in [0.2, 0.25) is 5.95 Å². The first-order chi connectivity index (χ1) is 22.2. The molecule has 0 bridgehead atoms. The summed E-state index contributed by atoms with van der Waals surface area (Å²) in [7, 11) is 0.596. The van der Waals surface area contributed by atoms with Gasteiger partial charge in [0.15, 0.2) is 17.4 Å². The molecule has 15 heteroatoms. The number of ether oxygens (including phenoxy) is 3. The molecular formula is C31H33N6O8P. The Bertz CT molecular complexity index is 1800. The van der Waals surface area contributed by atoms with Crippen LogP contribution in [0.15, 0.2) is 90.0 Å². The number of hydrogen-bond acceptors (Lipinski definition) is 12. The topological polar surface area (TPSA) is 213 Å². The quantitative estimate of drug-likeness (QED) is 0.0947. The number of aromatic nitrogens is 4. The lowest BCUT2D eigenvalue weighted by atomic mass is 9.64. The molecule has 1 aliphatic rings. The van der Waals surface area contributed by atoms with Crippen molar-refractivity contribution in [3.8, 4) is 11.5 Å². The minimum absolute atomic E-state index is 0.0372. The second kappa shape index (κ2) is 12.8. The van der Waals surface area contributed by atoms with Gasteiger partial charge in [-0.25, -0.2) is 4.98 Å². The van der Waals surface area contributed by atoms with Gasteiger partial charge in [-0.2, -0.15) is 4.98 Å². The van der Waals surface area contributed by atoms with E-state index in [-0.39, 0.29) is 17.1 Å². The molecule has 1 aliphatic heterocycles. The van der Waals surface area contributed by atoms with Gasteiger partial charge in [-0.15, -0.1) is 0 Å². The Hall–Kier alpha value is -4.40. The third-order valence-electron chi connectivity index (χ3n) is 8.28. The first kappa shape index (κ1) is 31.6. The number of imidazole rings is 1. The fourth-order valence-corrected chi connectivity index (χ4v) is 6.70. The summed E-state index contributed by atoms with van der Waals surface area (Å²) >= 11 is 0. The highest BCUT2D eigenvalue weighted by molar-refractivity contribution is 7.43. The van der Waals surface area contributed by atoms with Gasteiger partial charge in [-0.05, 0) is 41.0 Å². The predicted molar refractivity (Wildman–Crippen MR) is 169 cm³/mol. The van der Waals surface area contributed by atoms with Crippen LogP contribution in [-0.2, 0) is 14.7 Å². The second-order valence-corrected chi connectivity index (χ2v) is 11.5. The molecule has 1 fully saturated rings. The standard InChI is InChI=1S/C31H33N6O8P/c1-42-20-12-8-18(9-13-20)31(17-6-4-3-5-7-17,19-10-14-21(43-2)15-11-19)26(39)25-24(45-46(33)41)23(38)29(44-25)37-16-34-22-27(37)35-30(32)36-28(22)40/h3-16,23-26,29,38-39,41H,33H2,1-2H3,(H3,32,35,36,40)/t23-,24+,25+,26?,29-,46?/m1/s1. The molecule has 14 nitrogen and oxygen atoms in total. The highest BCUT2D eigenvalue weighted by atomic mass is 31.2. The van der Waals surface area contributed by atoms with E-state index < -0.39 is 50.1 Å². The summed E-state index contributed by atoms with van der Waals surface area (Å²) in [5, 5.41) is 24.4. The Labute approximate surface area is 264 Å². The molecular weight excluding hydrogens is 615 g/mol. The van der Waals surface area contributed by atoms with Crippen LogP contribution in [0.1, 0.15) is 22.9 Å². The zero-order valence-electron chi connectivity index (χ0n) is 24.8. The third-order valence-corrected chi connectivity index (χ3v) is 8.74. The third kappa shape index (κ3) is 5.39. The lowest BCUT2D eigenvalue weighted by molar-refractivity contribution is -0.0946. The number of aliphatic hydroxyl groups is 2. The maximum atomic E-state index is 12.8. The molecule has 240 valence electrons. The van der Waals surface area contributed by atoms with Crippen LogP contribution >= 0.6 is 8.53 Å².